The molecule has 0 saturated carbocycles. The molecule has 6 heteroatoms. The van der Waals surface area contributed by atoms with Crippen LogP contribution in [-0.2, 0) is 6.61 Å². The van der Waals surface area contributed by atoms with Gasteiger partial charge in [-0.05, 0) is 43.3 Å². The van der Waals surface area contributed by atoms with Crippen LogP contribution in [0.3, 0.4) is 0 Å². The Morgan fingerprint density at radius 3 is 2.79 bits per heavy atom. The molecular weight excluding hydrogens is 313 g/mol. The molecule has 0 aliphatic heterocycles. The number of methoxy groups -OCH3 is 1. The third kappa shape index (κ3) is 4.96. The molecule has 2 aromatic carbocycles. The van der Waals surface area contributed by atoms with Crippen LogP contribution in [0.5, 0.6) is 11.5 Å². The standard InChI is InChI=1S/C18H20FNO4/c1-12(21)10-20-18(22)13-4-3-5-16(9-13)24-11-14-8-15(19)6-7-17(14)23-2/h3-9,12,21H,10-11H2,1-2H3,(H,20,22)/t12-/m0/s1. The monoisotopic (exact) mass is 333 g/mol. The summed E-state index contributed by atoms with van der Waals surface area (Å²) in [6.07, 6.45) is -0.617. The number of aliphatic hydroxyl groups excluding tert-OH is 1. The van der Waals surface area contributed by atoms with E-state index in [0.29, 0.717) is 22.6 Å². The number of amides is 1. The van der Waals surface area contributed by atoms with E-state index in [2.05, 4.69) is 5.32 Å². The van der Waals surface area contributed by atoms with Crippen LogP contribution >= 0.6 is 0 Å². The molecule has 2 rings (SSSR count). The lowest BCUT2D eigenvalue weighted by atomic mass is 10.2. The van der Waals surface area contributed by atoms with E-state index in [1.807, 2.05) is 0 Å². The molecular formula is C18H20FNO4. The summed E-state index contributed by atoms with van der Waals surface area (Å²) in [5, 5.41) is 11.8. The molecule has 2 N–H and O–H groups in total. The van der Waals surface area contributed by atoms with Crippen molar-refractivity contribution >= 4 is 5.91 Å². The number of hydrogen-bond donors (Lipinski definition) is 2. The minimum atomic E-state index is -0.617. The highest BCUT2D eigenvalue weighted by Gasteiger charge is 2.09. The molecule has 0 fully saturated rings. The fourth-order valence-electron chi connectivity index (χ4n) is 2.09. The quantitative estimate of drug-likeness (QED) is 0.817. The van der Waals surface area contributed by atoms with Crippen LogP contribution in [0.25, 0.3) is 0 Å². The van der Waals surface area contributed by atoms with Gasteiger partial charge in [-0.1, -0.05) is 6.07 Å². The molecule has 0 aliphatic carbocycles. The van der Waals surface area contributed by atoms with Crippen molar-refractivity contribution in [1.82, 2.24) is 5.32 Å². The van der Waals surface area contributed by atoms with Gasteiger partial charge in [0, 0.05) is 17.7 Å². The molecule has 2 aromatic rings. The number of carbonyl (C=O) groups is 1. The summed E-state index contributed by atoms with van der Waals surface area (Å²) in [4.78, 5) is 12.0. The topological polar surface area (TPSA) is 67.8 Å². The van der Waals surface area contributed by atoms with Crippen molar-refractivity contribution in [3.63, 3.8) is 0 Å². The van der Waals surface area contributed by atoms with Crippen LogP contribution in [0.1, 0.15) is 22.8 Å². The van der Waals surface area contributed by atoms with Gasteiger partial charge in [-0.15, -0.1) is 0 Å². The molecule has 1 amide bonds. The van der Waals surface area contributed by atoms with Gasteiger partial charge in [-0.3, -0.25) is 4.79 Å². The van der Waals surface area contributed by atoms with Gasteiger partial charge in [0.05, 0.1) is 13.2 Å². The molecule has 0 bridgehead atoms. The van der Waals surface area contributed by atoms with Gasteiger partial charge in [0.2, 0.25) is 0 Å². The van der Waals surface area contributed by atoms with Crippen molar-refractivity contribution in [2.75, 3.05) is 13.7 Å². The Labute approximate surface area is 140 Å². The largest absolute Gasteiger partial charge is 0.496 e. The number of ether oxygens (including phenoxy) is 2. The van der Waals surface area contributed by atoms with E-state index in [-0.39, 0.29) is 24.9 Å². The number of aliphatic hydroxyl groups is 1. The maximum absolute atomic E-state index is 13.3. The van der Waals surface area contributed by atoms with Crippen molar-refractivity contribution in [3.05, 3.63) is 59.4 Å². The lowest BCUT2D eigenvalue weighted by Crippen LogP contribution is -2.30. The highest BCUT2D eigenvalue weighted by Crippen LogP contribution is 2.22. The van der Waals surface area contributed by atoms with Crippen molar-refractivity contribution in [2.24, 2.45) is 0 Å². The Kier molecular flexibility index (Phi) is 6.14. The summed E-state index contributed by atoms with van der Waals surface area (Å²) in [7, 11) is 1.50. The maximum atomic E-state index is 13.3. The minimum absolute atomic E-state index is 0.111. The van der Waals surface area contributed by atoms with Gasteiger partial charge in [-0.2, -0.15) is 0 Å². The van der Waals surface area contributed by atoms with Crippen LogP contribution in [0.4, 0.5) is 4.39 Å². The van der Waals surface area contributed by atoms with E-state index < -0.39 is 6.10 Å². The first-order valence-corrected chi connectivity index (χ1v) is 7.51. The van der Waals surface area contributed by atoms with Crippen molar-refractivity contribution in [3.8, 4) is 11.5 Å². The summed E-state index contributed by atoms with van der Waals surface area (Å²) >= 11 is 0. The molecule has 24 heavy (non-hydrogen) atoms. The molecule has 0 aromatic heterocycles. The molecule has 0 aliphatic rings. The SMILES string of the molecule is COc1ccc(F)cc1COc1cccc(C(=O)NC[C@H](C)O)c1. The Balaban J connectivity index is 2.05. The Morgan fingerprint density at radius 2 is 2.08 bits per heavy atom. The van der Waals surface area contributed by atoms with Crippen LogP contribution in [0, 0.1) is 5.82 Å². The van der Waals surface area contributed by atoms with Crippen LogP contribution < -0.4 is 14.8 Å². The number of benzene rings is 2. The molecule has 128 valence electrons. The number of rotatable bonds is 7. The highest BCUT2D eigenvalue weighted by molar-refractivity contribution is 5.94. The number of halogens is 1. The average molecular weight is 333 g/mol. The first-order chi connectivity index (χ1) is 11.5. The maximum Gasteiger partial charge on any atom is 0.251 e. The van der Waals surface area contributed by atoms with Crippen LogP contribution in [-0.4, -0.2) is 30.8 Å². The third-order valence-corrected chi connectivity index (χ3v) is 3.29. The Hall–Kier alpha value is -2.60. The second kappa shape index (κ2) is 8.31. The van der Waals surface area contributed by atoms with E-state index >= 15 is 0 Å². The average Bonchev–Trinajstić information content (AvgIpc) is 2.58. The normalized spacial score (nSPS) is 11.7. The minimum Gasteiger partial charge on any atom is -0.496 e. The number of hydrogen-bond acceptors (Lipinski definition) is 4. The predicted molar refractivity (Wildman–Crippen MR) is 87.7 cm³/mol. The summed E-state index contributed by atoms with van der Waals surface area (Å²) in [6.45, 7) is 1.87. The van der Waals surface area contributed by atoms with E-state index in [0.717, 1.165) is 0 Å². The van der Waals surface area contributed by atoms with E-state index in [9.17, 15) is 14.3 Å². The van der Waals surface area contributed by atoms with Crippen LogP contribution in [0.15, 0.2) is 42.5 Å². The Bertz CT molecular complexity index is 703. The summed E-state index contributed by atoms with van der Waals surface area (Å²) < 4.78 is 24.1. The molecule has 0 spiro atoms. The van der Waals surface area contributed by atoms with E-state index in [1.165, 1.54) is 25.3 Å². The van der Waals surface area contributed by atoms with Gasteiger partial charge >= 0.3 is 0 Å². The second-order valence-corrected chi connectivity index (χ2v) is 5.33. The van der Waals surface area contributed by atoms with Crippen molar-refractivity contribution in [2.45, 2.75) is 19.6 Å². The molecule has 0 radical (unpaired) electrons. The zero-order valence-corrected chi connectivity index (χ0v) is 13.6. The second-order valence-electron chi connectivity index (χ2n) is 5.33. The zero-order chi connectivity index (χ0) is 17.5. The smallest absolute Gasteiger partial charge is 0.251 e. The Morgan fingerprint density at radius 1 is 1.29 bits per heavy atom. The van der Waals surface area contributed by atoms with Crippen LogP contribution in [0.2, 0.25) is 0 Å². The summed E-state index contributed by atoms with van der Waals surface area (Å²) in [5.74, 6) is 0.332. The van der Waals surface area contributed by atoms with Gasteiger partial charge in [-0.25, -0.2) is 4.39 Å². The lowest BCUT2D eigenvalue weighted by molar-refractivity contribution is 0.0923. The number of nitrogens with one attached hydrogen (secondary N) is 1. The molecule has 5 nitrogen and oxygen atoms in total. The molecule has 0 unspecified atom stereocenters. The lowest BCUT2D eigenvalue weighted by Gasteiger charge is -2.12. The molecule has 0 heterocycles. The van der Waals surface area contributed by atoms with E-state index in [1.54, 1.807) is 31.2 Å². The number of carbonyl (C=O) groups excluding carboxylic acids is 1. The van der Waals surface area contributed by atoms with Crippen molar-refractivity contribution in [1.29, 1.82) is 0 Å². The predicted octanol–water partition coefficient (Wildman–Crippen LogP) is 2.52. The third-order valence-electron chi connectivity index (χ3n) is 3.29. The van der Waals surface area contributed by atoms with Gasteiger partial charge in [0.25, 0.3) is 5.91 Å². The zero-order valence-electron chi connectivity index (χ0n) is 13.6. The highest BCUT2D eigenvalue weighted by atomic mass is 19.1. The van der Waals surface area contributed by atoms with Gasteiger partial charge in [0.15, 0.2) is 0 Å². The molecule has 0 saturated heterocycles. The van der Waals surface area contributed by atoms with E-state index in [4.69, 9.17) is 9.47 Å². The first kappa shape index (κ1) is 17.7. The molecule has 1 atom stereocenters. The van der Waals surface area contributed by atoms with Crippen molar-refractivity contribution < 1.29 is 23.8 Å². The summed E-state index contributed by atoms with van der Waals surface area (Å²) in [5.41, 5.74) is 0.987. The summed E-state index contributed by atoms with van der Waals surface area (Å²) in [6, 6.07) is 10.8. The van der Waals surface area contributed by atoms with Gasteiger partial charge < -0.3 is 19.9 Å². The first-order valence-electron chi connectivity index (χ1n) is 7.51. The fourth-order valence-corrected chi connectivity index (χ4v) is 2.09. The van der Waals surface area contributed by atoms with Gasteiger partial charge in [0.1, 0.15) is 23.9 Å². The fraction of sp³-hybridized carbons (Fsp3) is 0.278.